The summed E-state index contributed by atoms with van der Waals surface area (Å²) in [6, 6.07) is 5.07. The Labute approximate surface area is 85.2 Å². The molecule has 1 unspecified atom stereocenters. The molecule has 4 nitrogen and oxygen atoms in total. The Hall–Kier alpha value is -1.91. The van der Waals surface area contributed by atoms with E-state index in [9.17, 15) is 14.0 Å². The van der Waals surface area contributed by atoms with Crippen LogP contribution in [-0.2, 0) is 9.53 Å². The van der Waals surface area contributed by atoms with E-state index < -0.39 is 23.9 Å². The number of hydrogen-bond donors (Lipinski definition) is 0. The Morgan fingerprint density at radius 2 is 1.87 bits per heavy atom. The topological polar surface area (TPSA) is 46.6 Å². The largest absolute Gasteiger partial charge is 0.436 e. The number of carbonyl (C=O) groups excluding carboxylic acids is 2. The summed E-state index contributed by atoms with van der Waals surface area (Å²) in [4.78, 5) is 23.7. The minimum atomic E-state index is -0.775. The van der Waals surface area contributed by atoms with Crippen molar-refractivity contribution in [3.8, 4) is 0 Å². The van der Waals surface area contributed by atoms with Crippen molar-refractivity contribution in [2.24, 2.45) is 0 Å². The van der Waals surface area contributed by atoms with Crippen LogP contribution in [0.2, 0.25) is 0 Å². The van der Waals surface area contributed by atoms with Crippen LogP contribution < -0.4 is 4.90 Å². The van der Waals surface area contributed by atoms with Crippen molar-refractivity contribution >= 4 is 17.7 Å². The smallest absolute Gasteiger partial charge is 0.422 e. The number of carbonyl (C=O) groups is 2. The third kappa shape index (κ3) is 1.56. The van der Waals surface area contributed by atoms with Crippen LogP contribution in [0.3, 0.4) is 0 Å². The fourth-order valence-electron chi connectivity index (χ4n) is 1.35. The maximum absolute atomic E-state index is 12.6. The molecule has 1 aromatic carbocycles. The summed E-state index contributed by atoms with van der Waals surface area (Å²) >= 11 is 0. The molecular formula is C10H8FNO3. The van der Waals surface area contributed by atoms with E-state index in [4.69, 9.17) is 4.74 Å². The van der Waals surface area contributed by atoms with Crippen molar-refractivity contribution < 1.29 is 18.7 Å². The predicted octanol–water partition coefficient (Wildman–Crippen LogP) is 1.70. The van der Waals surface area contributed by atoms with Crippen LogP contribution >= 0.6 is 0 Å². The molecule has 2 amide bonds. The quantitative estimate of drug-likeness (QED) is 0.707. The Kier molecular flexibility index (Phi) is 2.15. The number of cyclic esters (lactones) is 1. The van der Waals surface area contributed by atoms with Crippen LogP contribution in [0.5, 0.6) is 0 Å². The maximum atomic E-state index is 12.6. The Morgan fingerprint density at radius 1 is 1.27 bits per heavy atom. The highest BCUT2D eigenvalue weighted by atomic mass is 19.1. The molecular weight excluding hydrogens is 201 g/mol. The molecule has 0 N–H and O–H groups in total. The van der Waals surface area contributed by atoms with E-state index in [0.29, 0.717) is 5.69 Å². The van der Waals surface area contributed by atoms with Crippen LogP contribution in [0.25, 0.3) is 0 Å². The van der Waals surface area contributed by atoms with Gasteiger partial charge in [0.15, 0.2) is 6.10 Å². The lowest BCUT2D eigenvalue weighted by atomic mass is 10.2. The summed E-state index contributed by atoms with van der Waals surface area (Å²) < 4.78 is 17.3. The summed E-state index contributed by atoms with van der Waals surface area (Å²) in [5, 5.41) is 0. The lowest BCUT2D eigenvalue weighted by Crippen LogP contribution is -2.30. The van der Waals surface area contributed by atoms with Gasteiger partial charge in [0.05, 0.1) is 5.69 Å². The number of anilines is 1. The fraction of sp³-hybridized carbons (Fsp3) is 0.200. The molecule has 2 rings (SSSR count). The molecule has 1 aliphatic heterocycles. The standard InChI is InChI=1S/C10H8FNO3/c1-6-9(13)12(10(14)15-6)8-4-2-7(11)3-5-8/h2-6H,1H3. The molecule has 15 heavy (non-hydrogen) atoms. The van der Waals surface area contributed by atoms with Crippen LogP contribution in [0.1, 0.15) is 6.92 Å². The number of benzene rings is 1. The Morgan fingerprint density at radius 3 is 2.33 bits per heavy atom. The summed E-state index contributed by atoms with van der Waals surface area (Å²) in [5.74, 6) is -0.863. The van der Waals surface area contributed by atoms with Crippen molar-refractivity contribution in [1.82, 2.24) is 0 Å². The molecule has 0 spiro atoms. The van der Waals surface area contributed by atoms with Crippen molar-refractivity contribution in [1.29, 1.82) is 0 Å². The van der Waals surface area contributed by atoms with Gasteiger partial charge in [-0.15, -0.1) is 0 Å². The van der Waals surface area contributed by atoms with Crippen molar-refractivity contribution in [3.63, 3.8) is 0 Å². The van der Waals surface area contributed by atoms with Crippen molar-refractivity contribution in [2.45, 2.75) is 13.0 Å². The van der Waals surface area contributed by atoms with Crippen LogP contribution in [-0.4, -0.2) is 18.1 Å². The maximum Gasteiger partial charge on any atom is 0.422 e. The normalized spacial score (nSPS) is 20.7. The zero-order valence-electron chi connectivity index (χ0n) is 7.94. The van der Waals surface area contributed by atoms with E-state index >= 15 is 0 Å². The van der Waals surface area contributed by atoms with Gasteiger partial charge in [-0.1, -0.05) is 0 Å². The zero-order valence-corrected chi connectivity index (χ0v) is 7.94. The lowest BCUT2D eigenvalue weighted by Gasteiger charge is -2.10. The Bertz CT molecular complexity index is 415. The molecule has 5 heteroatoms. The van der Waals surface area contributed by atoms with Gasteiger partial charge in [0.25, 0.3) is 5.91 Å². The molecule has 1 aliphatic rings. The first kappa shape index (κ1) is 9.64. The minimum absolute atomic E-state index is 0.316. The zero-order chi connectivity index (χ0) is 11.0. The van der Waals surface area contributed by atoms with Gasteiger partial charge in [-0.2, -0.15) is 0 Å². The van der Waals surface area contributed by atoms with E-state index in [1.807, 2.05) is 0 Å². The first-order valence-corrected chi connectivity index (χ1v) is 4.40. The Balaban J connectivity index is 2.35. The van der Waals surface area contributed by atoms with Crippen LogP contribution in [0.4, 0.5) is 14.9 Å². The number of amides is 2. The van der Waals surface area contributed by atoms with Gasteiger partial charge in [-0.3, -0.25) is 4.79 Å². The highest BCUT2D eigenvalue weighted by Gasteiger charge is 2.38. The van der Waals surface area contributed by atoms with Gasteiger partial charge in [-0.05, 0) is 31.2 Å². The first-order valence-electron chi connectivity index (χ1n) is 4.40. The van der Waals surface area contributed by atoms with Gasteiger partial charge < -0.3 is 4.74 Å². The van der Waals surface area contributed by atoms with Gasteiger partial charge in [-0.25, -0.2) is 14.1 Å². The molecule has 1 saturated heterocycles. The third-order valence-corrected chi connectivity index (χ3v) is 2.11. The second-order valence-corrected chi connectivity index (χ2v) is 3.18. The average molecular weight is 209 g/mol. The minimum Gasteiger partial charge on any atom is -0.436 e. The SMILES string of the molecule is CC1OC(=O)N(c2ccc(F)cc2)C1=O. The summed E-state index contributed by atoms with van der Waals surface area (Å²) in [6.07, 6.45) is -1.50. The average Bonchev–Trinajstić information content (AvgIpc) is 2.44. The highest BCUT2D eigenvalue weighted by Crippen LogP contribution is 2.22. The van der Waals surface area contributed by atoms with E-state index in [1.54, 1.807) is 0 Å². The molecule has 0 radical (unpaired) electrons. The van der Waals surface area contributed by atoms with Gasteiger partial charge in [0.2, 0.25) is 0 Å². The van der Waals surface area contributed by atoms with Gasteiger partial charge in [0.1, 0.15) is 5.82 Å². The third-order valence-electron chi connectivity index (χ3n) is 2.11. The molecule has 0 aromatic heterocycles. The number of imide groups is 1. The van der Waals surface area contributed by atoms with Crippen LogP contribution in [0, 0.1) is 5.82 Å². The fourth-order valence-corrected chi connectivity index (χ4v) is 1.35. The van der Waals surface area contributed by atoms with Gasteiger partial charge >= 0.3 is 6.09 Å². The van der Waals surface area contributed by atoms with E-state index in [-0.39, 0.29) is 0 Å². The lowest BCUT2D eigenvalue weighted by molar-refractivity contribution is -0.121. The first-order chi connectivity index (χ1) is 7.09. The number of rotatable bonds is 1. The van der Waals surface area contributed by atoms with E-state index in [0.717, 1.165) is 4.90 Å². The van der Waals surface area contributed by atoms with E-state index in [2.05, 4.69) is 0 Å². The molecule has 1 fully saturated rings. The summed E-state index contributed by atoms with van der Waals surface area (Å²) in [6.45, 7) is 1.49. The second-order valence-electron chi connectivity index (χ2n) is 3.18. The molecule has 0 bridgehead atoms. The molecule has 78 valence electrons. The predicted molar refractivity (Wildman–Crippen MR) is 49.8 cm³/mol. The molecule has 1 aromatic rings. The molecule has 1 heterocycles. The van der Waals surface area contributed by atoms with Crippen LogP contribution in [0.15, 0.2) is 24.3 Å². The van der Waals surface area contributed by atoms with E-state index in [1.165, 1.54) is 31.2 Å². The van der Waals surface area contributed by atoms with Crippen molar-refractivity contribution in [3.05, 3.63) is 30.1 Å². The second kappa shape index (κ2) is 3.34. The van der Waals surface area contributed by atoms with Gasteiger partial charge in [0, 0.05) is 0 Å². The number of ether oxygens (including phenoxy) is 1. The van der Waals surface area contributed by atoms with Crippen molar-refractivity contribution in [2.75, 3.05) is 4.90 Å². The summed E-state index contributed by atoms with van der Waals surface area (Å²) in [5.41, 5.74) is 0.316. The molecule has 1 atom stereocenters. The monoisotopic (exact) mass is 209 g/mol. The molecule has 0 aliphatic carbocycles. The number of halogens is 1. The molecule has 0 saturated carbocycles. The highest BCUT2D eigenvalue weighted by molar-refractivity contribution is 6.17. The number of nitrogens with zero attached hydrogens (tertiary/aromatic N) is 1. The number of hydrogen-bond acceptors (Lipinski definition) is 3. The summed E-state index contributed by atoms with van der Waals surface area (Å²) in [7, 11) is 0.